The van der Waals surface area contributed by atoms with E-state index in [0.29, 0.717) is 36.1 Å². The highest BCUT2D eigenvalue weighted by atomic mass is 35.5. The molecule has 2 aliphatic rings. The second kappa shape index (κ2) is 7.41. The number of ether oxygens (including phenoxy) is 2. The van der Waals surface area contributed by atoms with Crippen LogP contribution >= 0.6 is 11.6 Å². The van der Waals surface area contributed by atoms with E-state index in [9.17, 15) is 4.79 Å². The monoisotopic (exact) mass is 338 g/mol. The molecule has 1 saturated heterocycles. The third kappa shape index (κ3) is 3.90. The summed E-state index contributed by atoms with van der Waals surface area (Å²) in [6.07, 6.45) is 2.64. The number of piperidine rings is 1. The zero-order valence-corrected chi connectivity index (χ0v) is 14.1. The Kier molecular flexibility index (Phi) is 5.28. The zero-order chi connectivity index (χ0) is 16.2. The van der Waals surface area contributed by atoms with Gasteiger partial charge in [0.05, 0.1) is 12.6 Å². The highest BCUT2D eigenvalue weighted by molar-refractivity contribution is 6.30. The molecule has 5 nitrogen and oxygen atoms in total. The van der Waals surface area contributed by atoms with E-state index in [-0.39, 0.29) is 6.03 Å². The van der Waals surface area contributed by atoms with Crippen molar-refractivity contribution >= 4 is 17.6 Å². The molecule has 1 heterocycles. The Morgan fingerprint density at radius 2 is 1.91 bits per heavy atom. The number of benzene rings is 1. The SMILES string of the molecule is COC1[C@@H]2CC[C@H]1CN(C(=O)NCCOc1ccc(Cl)cc1)C2. The Hall–Kier alpha value is -1.46. The number of fused-ring (bicyclic) bond motifs is 2. The van der Waals surface area contributed by atoms with Crippen LogP contribution in [0.1, 0.15) is 12.8 Å². The highest BCUT2D eigenvalue weighted by Gasteiger charge is 2.43. The van der Waals surface area contributed by atoms with Crippen LogP contribution in [-0.2, 0) is 4.74 Å². The van der Waals surface area contributed by atoms with Crippen molar-refractivity contribution in [2.24, 2.45) is 11.8 Å². The number of urea groups is 1. The van der Waals surface area contributed by atoms with Crippen LogP contribution in [0.15, 0.2) is 24.3 Å². The van der Waals surface area contributed by atoms with Crippen LogP contribution in [0.5, 0.6) is 5.75 Å². The molecule has 3 atom stereocenters. The maximum Gasteiger partial charge on any atom is 0.317 e. The lowest BCUT2D eigenvalue weighted by Gasteiger charge is -2.37. The quantitative estimate of drug-likeness (QED) is 0.840. The van der Waals surface area contributed by atoms with E-state index in [1.165, 1.54) is 0 Å². The van der Waals surface area contributed by atoms with Gasteiger partial charge in [0.1, 0.15) is 12.4 Å². The molecule has 1 saturated carbocycles. The number of nitrogens with zero attached hydrogens (tertiary/aromatic N) is 1. The van der Waals surface area contributed by atoms with Gasteiger partial charge in [-0.3, -0.25) is 0 Å². The van der Waals surface area contributed by atoms with Gasteiger partial charge in [0.25, 0.3) is 0 Å². The van der Waals surface area contributed by atoms with E-state index in [4.69, 9.17) is 21.1 Å². The topological polar surface area (TPSA) is 50.8 Å². The minimum absolute atomic E-state index is 0.00356. The predicted molar refractivity (Wildman–Crippen MR) is 88.9 cm³/mol. The molecular formula is C17H23ClN2O3. The molecule has 6 heteroatoms. The van der Waals surface area contributed by atoms with Crippen molar-refractivity contribution in [1.29, 1.82) is 0 Å². The molecule has 2 bridgehead atoms. The van der Waals surface area contributed by atoms with Gasteiger partial charge in [-0.15, -0.1) is 0 Å². The summed E-state index contributed by atoms with van der Waals surface area (Å²) in [6, 6.07) is 7.20. The van der Waals surface area contributed by atoms with E-state index in [0.717, 1.165) is 31.7 Å². The van der Waals surface area contributed by atoms with Crippen LogP contribution in [0.4, 0.5) is 4.79 Å². The minimum Gasteiger partial charge on any atom is -0.492 e. The summed E-state index contributed by atoms with van der Waals surface area (Å²) in [5.74, 6) is 1.72. The first kappa shape index (κ1) is 16.4. The van der Waals surface area contributed by atoms with Crippen LogP contribution in [0.2, 0.25) is 5.02 Å². The summed E-state index contributed by atoms with van der Waals surface area (Å²) in [5.41, 5.74) is 0. The number of methoxy groups -OCH3 is 1. The fourth-order valence-corrected chi connectivity index (χ4v) is 3.82. The first-order valence-electron chi connectivity index (χ1n) is 8.11. The van der Waals surface area contributed by atoms with Gasteiger partial charge < -0.3 is 19.7 Å². The molecule has 1 aromatic carbocycles. The molecule has 1 unspecified atom stereocenters. The van der Waals surface area contributed by atoms with E-state index < -0.39 is 0 Å². The summed E-state index contributed by atoms with van der Waals surface area (Å²) in [5, 5.41) is 3.61. The van der Waals surface area contributed by atoms with Crippen molar-refractivity contribution in [2.45, 2.75) is 18.9 Å². The van der Waals surface area contributed by atoms with Gasteiger partial charge in [-0.2, -0.15) is 0 Å². The minimum atomic E-state index is -0.00356. The first-order chi connectivity index (χ1) is 11.2. The molecule has 23 heavy (non-hydrogen) atoms. The van der Waals surface area contributed by atoms with Gasteiger partial charge in [-0.05, 0) is 37.1 Å². The number of hydrogen-bond donors (Lipinski definition) is 1. The number of carbonyl (C=O) groups excluding carboxylic acids is 1. The Morgan fingerprint density at radius 1 is 1.26 bits per heavy atom. The van der Waals surface area contributed by atoms with Gasteiger partial charge in [0.15, 0.2) is 0 Å². The van der Waals surface area contributed by atoms with Crippen molar-refractivity contribution < 1.29 is 14.3 Å². The number of carbonyl (C=O) groups is 1. The summed E-state index contributed by atoms with van der Waals surface area (Å²) >= 11 is 5.82. The molecule has 1 N–H and O–H groups in total. The van der Waals surface area contributed by atoms with Crippen molar-refractivity contribution in [1.82, 2.24) is 10.2 Å². The summed E-state index contributed by atoms with van der Waals surface area (Å²) < 4.78 is 11.2. The Morgan fingerprint density at radius 3 is 2.52 bits per heavy atom. The van der Waals surface area contributed by atoms with Crippen LogP contribution in [0.25, 0.3) is 0 Å². The number of likely N-dealkylation sites (tertiary alicyclic amines) is 1. The number of halogens is 1. The van der Waals surface area contributed by atoms with Gasteiger partial charge in [-0.25, -0.2) is 4.79 Å². The Balaban J connectivity index is 1.39. The average Bonchev–Trinajstić information content (AvgIpc) is 2.81. The summed E-state index contributed by atoms with van der Waals surface area (Å²) in [4.78, 5) is 14.2. The molecule has 1 aliphatic heterocycles. The predicted octanol–water partition coefficient (Wildman–Crippen LogP) is 2.79. The van der Waals surface area contributed by atoms with Crippen LogP contribution in [0.3, 0.4) is 0 Å². The number of nitrogens with one attached hydrogen (secondary N) is 1. The lowest BCUT2D eigenvalue weighted by atomic mass is 9.95. The second-order valence-electron chi connectivity index (χ2n) is 6.24. The van der Waals surface area contributed by atoms with E-state index in [2.05, 4.69) is 5.32 Å². The Bertz CT molecular complexity index is 523. The highest BCUT2D eigenvalue weighted by Crippen LogP contribution is 2.38. The van der Waals surface area contributed by atoms with E-state index >= 15 is 0 Å². The lowest BCUT2D eigenvalue weighted by Crippen LogP contribution is -2.51. The van der Waals surface area contributed by atoms with Gasteiger partial charge in [0, 0.05) is 37.1 Å². The molecule has 0 radical (unpaired) electrons. The number of rotatable bonds is 5. The fourth-order valence-electron chi connectivity index (χ4n) is 3.69. The largest absolute Gasteiger partial charge is 0.492 e. The summed E-state index contributed by atoms with van der Waals surface area (Å²) in [6.45, 7) is 2.51. The van der Waals surface area contributed by atoms with Crippen molar-refractivity contribution in [3.05, 3.63) is 29.3 Å². The molecule has 0 spiro atoms. The lowest BCUT2D eigenvalue weighted by molar-refractivity contribution is -0.00510. The zero-order valence-electron chi connectivity index (χ0n) is 13.3. The van der Waals surface area contributed by atoms with Crippen molar-refractivity contribution in [2.75, 3.05) is 33.4 Å². The van der Waals surface area contributed by atoms with Crippen molar-refractivity contribution in [3.63, 3.8) is 0 Å². The molecular weight excluding hydrogens is 316 g/mol. The van der Waals surface area contributed by atoms with Crippen LogP contribution in [0, 0.1) is 11.8 Å². The molecule has 3 rings (SSSR count). The molecule has 1 aliphatic carbocycles. The molecule has 0 aromatic heterocycles. The van der Waals surface area contributed by atoms with Gasteiger partial charge in [-0.1, -0.05) is 11.6 Å². The maximum absolute atomic E-state index is 12.3. The average molecular weight is 339 g/mol. The first-order valence-corrected chi connectivity index (χ1v) is 8.49. The Labute approximate surface area is 141 Å². The van der Waals surface area contributed by atoms with E-state index in [1.54, 1.807) is 19.2 Å². The molecule has 2 fully saturated rings. The second-order valence-corrected chi connectivity index (χ2v) is 6.67. The number of amides is 2. The van der Waals surface area contributed by atoms with Gasteiger partial charge >= 0.3 is 6.03 Å². The molecule has 126 valence electrons. The van der Waals surface area contributed by atoms with Crippen LogP contribution < -0.4 is 10.1 Å². The van der Waals surface area contributed by atoms with Crippen molar-refractivity contribution in [3.8, 4) is 5.75 Å². The molecule has 1 aromatic rings. The third-order valence-corrected chi connectivity index (χ3v) is 5.02. The standard InChI is InChI=1S/C17H23ClN2O3/c1-22-16-12-2-3-13(16)11-20(10-12)17(21)19-8-9-23-15-6-4-14(18)5-7-15/h4-7,12-13,16H,2-3,8-11H2,1H3,(H,19,21)/t12-,13+,16?. The normalized spacial score (nSPS) is 26.2. The fraction of sp³-hybridized carbons (Fsp3) is 0.588. The summed E-state index contributed by atoms with van der Waals surface area (Å²) in [7, 11) is 1.78. The van der Waals surface area contributed by atoms with E-state index in [1.807, 2.05) is 17.0 Å². The van der Waals surface area contributed by atoms with Crippen LogP contribution in [-0.4, -0.2) is 50.4 Å². The van der Waals surface area contributed by atoms with Gasteiger partial charge in [0.2, 0.25) is 0 Å². The maximum atomic E-state index is 12.3. The smallest absolute Gasteiger partial charge is 0.317 e. The third-order valence-electron chi connectivity index (χ3n) is 4.77. The molecule has 2 amide bonds. The number of hydrogen-bond acceptors (Lipinski definition) is 3.